The average Bonchev–Trinajstić information content (AvgIpc) is 2.03. The van der Waals surface area contributed by atoms with Crippen LogP contribution in [0.3, 0.4) is 0 Å². The molecule has 0 aliphatic heterocycles. The van der Waals surface area contributed by atoms with Crippen LogP contribution in [0.15, 0.2) is 35.4 Å². The summed E-state index contributed by atoms with van der Waals surface area (Å²) in [6.07, 6.45) is 0.933. The van der Waals surface area contributed by atoms with Gasteiger partial charge >= 0.3 is 0 Å². The highest BCUT2D eigenvalue weighted by atomic mass is 16.3. The van der Waals surface area contributed by atoms with Gasteiger partial charge in [-0.3, -0.25) is 0 Å². The fourth-order valence-corrected chi connectivity index (χ4v) is 0.558. The minimum absolute atomic E-state index is 0.305. The van der Waals surface area contributed by atoms with Gasteiger partial charge in [0.1, 0.15) is 23.5 Å². The van der Waals surface area contributed by atoms with E-state index in [-0.39, 0.29) is 17.9 Å². The molecular weight excluding hydrogens is 176 g/mol. The van der Waals surface area contributed by atoms with Crippen LogP contribution in [-0.4, -0.2) is 25.5 Å². The van der Waals surface area contributed by atoms with Crippen molar-refractivity contribution in [3.05, 3.63) is 35.4 Å². The minimum Gasteiger partial charge on any atom is -0.512 e. The van der Waals surface area contributed by atoms with Gasteiger partial charge in [-0.15, -0.1) is 0 Å². The van der Waals surface area contributed by atoms with E-state index < -0.39 is 11.5 Å². The van der Waals surface area contributed by atoms with Crippen LogP contribution in [0.5, 0.6) is 0 Å². The van der Waals surface area contributed by atoms with Crippen LogP contribution in [0, 0.1) is 0 Å². The van der Waals surface area contributed by atoms with Crippen LogP contribution in [0.4, 0.5) is 0 Å². The first-order chi connectivity index (χ1) is 5.97. The molecule has 0 aliphatic rings. The molecule has 0 unspecified atom stereocenters. The zero-order valence-corrected chi connectivity index (χ0v) is 7.10. The molecule has 0 atom stereocenters. The van der Waals surface area contributed by atoms with E-state index in [1.165, 1.54) is 6.92 Å². The maximum absolute atomic E-state index is 9.01. The van der Waals surface area contributed by atoms with E-state index in [1.807, 2.05) is 0 Å². The van der Waals surface area contributed by atoms with Gasteiger partial charge in [-0.1, -0.05) is 0 Å². The Hall–Kier alpha value is -1.78. The lowest BCUT2D eigenvalue weighted by atomic mass is 10.2. The van der Waals surface area contributed by atoms with E-state index in [4.69, 9.17) is 25.5 Å². The Kier molecular flexibility index (Phi) is 4.29. The molecule has 0 fully saturated rings. The summed E-state index contributed by atoms with van der Waals surface area (Å²) in [5.41, 5.74) is 0. The Morgan fingerprint density at radius 1 is 1.15 bits per heavy atom. The highest BCUT2D eigenvalue weighted by Gasteiger charge is 2.02. The van der Waals surface area contributed by atoms with Crippen molar-refractivity contribution in [3.63, 3.8) is 0 Å². The second-order valence-electron chi connectivity index (χ2n) is 2.40. The van der Waals surface area contributed by atoms with Crippen molar-refractivity contribution < 1.29 is 25.5 Å². The standard InChI is InChI=1S/C8H12O5/c1-5(10)8(13)3-6(11)2-7(12)4-9/h2,4,9-13H,3H2,1H3/b6-2+,7-4-,8-5-. The molecule has 0 aromatic carbocycles. The van der Waals surface area contributed by atoms with E-state index >= 15 is 0 Å². The third-order valence-corrected chi connectivity index (χ3v) is 1.21. The van der Waals surface area contributed by atoms with Crippen LogP contribution in [-0.2, 0) is 0 Å². The zero-order chi connectivity index (χ0) is 10.4. The largest absolute Gasteiger partial charge is 0.512 e. The monoisotopic (exact) mass is 188 g/mol. The molecule has 0 heterocycles. The van der Waals surface area contributed by atoms with Crippen LogP contribution in [0.2, 0.25) is 0 Å². The molecule has 0 radical (unpaired) electrons. The quantitative estimate of drug-likeness (QED) is 0.345. The van der Waals surface area contributed by atoms with Gasteiger partial charge in [0.15, 0.2) is 5.76 Å². The highest BCUT2D eigenvalue weighted by Crippen LogP contribution is 2.09. The Balaban J connectivity index is 4.40. The van der Waals surface area contributed by atoms with Crippen molar-refractivity contribution in [2.75, 3.05) is 0 Å². The molecule has 0 saturated heterocycles. The van der Waals surface area contributed by atoms with Gasteiger partial charge in [-0.25, -0.2) is 0 Å². The summed E-state index contributed by atoms with van der Waals surface area (Å²) in [6.45, 7) is 1.25. The number of rotatable bonds is 3. The van der Waals surface area contributed by atoms with Crippen molar-refractivity contribution in [2.45, 2.75) is 13.3 Å². The van der Waals surface area contributed by atoms with E-state index in [0.717, 1.165) is 6.08 Å². The third-order valence-electron chi connectivity index (χ3n) is 1.21. The van der Waals surface area contributed by atoms with Crippen LogP contribution in [0.1, 0.15) is 13.3 Å². The number of allylic oxidation sites excluding steroid dienone is 2. The molecule has 0 saturated carbocycles. The average molecular weight is 188 g/mol. The van der Waals surface area contributed by atoms with E-state index in [0.29, 0.717) is 6.26 Å². The summed E-state index contributed by atoms with van der Waals surface area (Å²) >= 11 is 0. The second kappa shape index (κ2) is 4.97. The number of aliphatic hydroxyl groups excluding tert-OH is 5. The molecule has 5 N–H and O–H groups in total. The summed E-state index contributed by atoms with van der Waals surface area (Å²) in [4.78, 5) is 0. The zero-order valence-electron chi connectivity index (χ0n) is 7.10. The molecule has 0 aromatic rings. The first-order valence-corrected chi connectivity index (χ1v) is 3.48. The normalized spacial score (nSPS) is 15.5. The highest BCUT2D eigenvalue weighted by molar-refractivity contribution is 5.15. The van der Waals surface area contributed by atoms with Gasteiger partial charge in [0.2, 0.25) is 0 Å². The number of hydrogen-bond acceptors (Lipinski definition) is 5. The van der Waals surface area contributed by atoms with Crippen molar-refractivity contribution in [2.24, 2.45) is 0 Å². The smallest absolute Gasteiger partial charge is 0.153 e. The lowest BCUT2D eigenvalue weighted by Crippen LogP contribution is -1.91. The van der Waals surface area contributed by atoms with Crippen LogP contribution in [0.25, 0.3) is 0 Å². The third kappa shape index (κ3) is 4.62. The fourth-order valence-electron chi connectivity index (χ4n) is 0.558. The van der Waals surface area contributed by atoms with Crippen molar-refractivity contribution in [1.29, 1.82) is 0 Å². The molecule has 0 amide bonds. The molecular formula is C8H12O5. The van der Waals surface area contributed by atoms with Crippen molar-refractivity contribution in [1.82, 2.24) is 0 Å². The summed E-state index contributed by atoms with van der Waals surface area (Å²) in [7, 11) is 0. The molecule has 0 rings (SSSR count). The fraction of sp³-hybridized carbons (Fsp3) is 0.250. The predicted molar refractivity (Wildman–Crippen MR) is 46.6 cm³/mol. The van der Waals surface area contributed by atoms with Gasteiger partial charge in [0.05, 0.1) is 6.42 Å². The summed E-state index contributed by atoms with van der Waals surface area (Å²) in [6, 6.07) is 0. The molecule has 5 heteroatoms. The van der Waals surface area contributed by atoms with E-state index in [2.05, 4.69) is 0 Å². The molecule has 13 heavy (non-hydrogen) atoms. The lowest BCUT2D eigenvalue weighted by Gasteiger charge is -2.00. The number of aliphatic hydroxyl groups is 5. The molecule has 0 aliphatic carbocycles. The van der Waals surface area contributed by atoms with Gasteiger partial charge in [0.25, 0.3) is 0 Å². The molecule has 5 nitrogen and oxygen atoms in total. The first kappa shape index (κ1) is 11.2. The van der Waals surface area contributed by atoms with Crippen molar-refractivity contribution in [3.8, 4) is 0 Å². The van der Waals surface area contributed by atoms with Crippen LogP contribution >= 0.6 is 0 Å². The molecule has 0 spiro atoms. The molecule has 74 valence electrons. The minimum atomic E-state index is -0.541. The first-order valence-electron chi connectivity index (χ1n) is 3.48. The Morgan fingerprint density at radius 3 is 2.08 bits per heavy atom. The number of hydrogen-bond donors (Lipinski definition) is 5. The van der Waals surface area contributed by atoms with E-state index in [1.54, 1.807) is 0 Å². The molecule has 0 aromatic heterocycles. The Labute approximate surface area is 75.2 Å². The Morgan fingerprint density at radius 2 is 1.69 bits per heavy atom. The van der Waals surface area contributed by atoms with Gasteiger partial charge < -0.3 is 25.5 Å². The maximum atomic E-state index is 9.01. The summed E-state index contributed by atoms with van der Waals surface area (Å²) < 4.78 is 0. The second-order valence-corrected chi connectivity index (χ2v) is 2.40. The predicted octanol–water partition coefficient (Wildman–Crippen LogP) is 2.12. The maximum Gasteiger partial charge on any atom is 0.153 e. The summed E-state index contributed by atoms with van der Waals surface area (Å²) in [5.74, 6) is -1.64. The van der Waals surface area contributed by atoms with Crippen LogP contribution < -0.4 is 0 Å². The van der Waals surface area contributed by atoms with Gasteiger partial charge in [-0.05, 0) is 6.92 Å². The van der Waals surface area contributed by atoms with E-state index in [9.17, 15) is 0 Å². The topological polar surface area (TPSA) is 101 Å². The lowest BCUT2D eigenvalue weighted by molar-refractivity contribution is 0.294. The summed E-state index contributed by atoms with van der Waals surface area (Å²) in [5, 5.41) is 43.6. The van der Waals surface area contributed by atoms with Gasteiger partial charge in [0, 0.05) is 6.08 Å². The van der Waals surface area contributed by atoms with Gasteiger partial charge in [-0.2, -0.15) is 0 Å². The van der Waals surface area contributed by atoms with Crippen molar-refractivity contribution >= 4 is 0 Å². The molecule has 0 bridgehead atoms. The Bertz CT molecular complexity index is 258. The SMILES string of the molecule is C/C(O)=C(/O)C/C(O)=C\C(O)=C\O.